The fraction of sp³-hybridized carbons (Fsp3) is 0.323. The maximum Gasteiger partial charge on any atom is 0.277 e. The maximum absolute atomic E-state index is 14.2. The lowest BCUT2D eigenvalue weighted by Crippen LogP contribution is -2.33. The summed E-state index contributed by atoms with van der Waals surface area (Å²) in [5, 5.41) is 0. The number of ether oxygens (including phenoxy) is 2. The number of benzene rings is 3. The molecule has 6 rings (SSSR count). The molecule has 0 atom stereocenters. The Balaban J connectivity index is 1.51. The van der Waals surface area contributed by atoms with Crippen molar-refractivity contribution in [3.8, 4) is 22.8 Å². The van der Waals surface area contributed by atoms with Crippen molar-refractivity contribution < 1.29 is 14.3 Å². The van der Waals surface area contributed by atoms with Crippen LogP contribution in [0.1, 0.15) is 52.7 Å². The molecule has 1 amide bonds. The highest BCUT2D eigenvalue weighted by Gasteiger charge is 2.36. The molecule has 0 radical (unpaired) electrons. The van der Waals surface area contributed by atoms with Crippen LogP contribution in [0, 0.1) is 6.92 Å². The second-order valence-corrected chi connectivity index (χ2v) is 10.2. The number of methoxy groups -OCH3 is 2. The van der Waals surface area contributed by atoms with Crippen LogP contribution in [0.5, 0.6) is 11.5 Å². The van der Waals surface area contributed by atoms with Gasteiger partial charge in [-0.3, -0.25) is 9.59 Å². The summed E-state index contributed by atoms with van der Waals surface area (Å²) in [6.07, 6.45) is 4.39. The molecule has 2 aliphatic rings. The van der Waals surface area contributed by atoms with Crippen LogP contribution in [0.4, 0.5) is 0 Å². The first kappa shape index (κ1) is 24.2. The first-order chi connectivity index (χ1) is 18.5. The SMILES string of the molecule is COc1ccc(Cn2c(=O)c(-c3cccc4c3CN(C3CCCC3)C4=O)nc3ccc(C)cc32)c(OC)c1. The van der Waals surface area contributed by atoms with Crippen molar-refractivity contribution in [2.45, 2.75) is 51.7 Å². The Morgan fingerprint density at radius 2 is 1.74 bits per heavy atom. The molecular formula is C31H31N3O4. The minimum Gasteiger partial charge on any atom is -0.497 e. The van der Waals surface area contributed by atoms with Crippen LogP contribution in [0.15, 0.2) is 59.4 Å². The van der Waals surface area contributed by atoms with E-state index in [2.05, 4.69) is 0 Å². The highest BCUT2D eigenvalue weighted by atomic mass is 16.5. The summed E-state index contributed by atoms with van der Waals surface area (Å²) in [5.41, 5.74) is 5.88. The second kappa shape index (κ2) is 9.63. The van der Waals surface area contributed by atoms with Crippen molar-refractivity contribution in [2.24, 2.45) is 0 Å². The number of amides is 1. The van der Waals surface area contributed by atoms with Gasteiger partial charge in [0.15, 0.2) is 0 Å². The van der Waals surface area contributed by atoms with E-state index < -0.39 is 0 Å². The van der Waals surface area contributed by atoms with Gasteiger partial charge in [-0.1, -0.05) is 31.0 Å². The molecule has 2 heterocycles. The lowest BCUT2D eigenvalue weighted by Gasteiger charge is -2.23. The molecule has 0 N–H and O–H groups in total. The summed E-state index contributed by atoms with van der Waals surface area (Å²) in [7, 11) is 3.23. The largest absolute Gasteiger partial charge is 0.497 e. The monoisotopic (exact) mass is 509 g/mol. The van der Waals surface area contributed by atoms with Crippen LogP contribution >= 0.6 is 0 Å². The number of fused-ring (bicyclic) bond motifs is 2. The molecule has 4 aromatic rings. The van der Waals surface area contributed by atoms with Crippen LogP contribution in [0.2, 0.25) is 0 Å². The summed E-state index contributed by atoms with van der Waals surface area (Å²) in [6, 6.07) is 17.5. The summed E-state index contributed by atoms with van der Waals surface area (Å²) in [4.78, 5) is 34.4. The zero-order chi connectivity index (χ0) is 26.4. The summed E-state index contributed by atoms with van der Waals surface area (Å²) in [5.74, 6) is 1.40. The average molecular weight is 510 g/mol. The highest BCUT2D eigenvalue weighted by Crippen LogP contribution is 2.36. The van der Waals surface area contributed by atoms with Crippen molar-refractivity contribution in [3.05, 3.63) is 87.2 Å². The summed E-state index contributed by atoms with van der Waals surface area (Å²) in [6.45, 7) is 2.83. The lowest BCUT2D eigenvalue weighted by atomic mass is 10.0. The Morgan fingerprint density at radius 3 is 2.50 bits per heavy atom. The number of aryl methyl sites for hydroxylation is 1. The van der Waals surface area contributed by atoms with Gasteiger partial charge in [0, 0.05) is 35.3 Å². The van der Waals surface area contributed by atoms with Gasteiger partial charge in [0.2, 0.25) is 0 Å². The summed E-state index contributed by atoms with van der Waals surface area (Å²) >= 11 is 0. The molecule has 1 aliphatic heterocycles. The molecule has 1 aliphatic carbocycles. The Morgan fingerprint density at radius 1 is 0.947 bits per heavy atom. The van der Waals surface area contributed by atoms with Crippen molar-refractivity contribution >= 4 is 16.9 Å². The van der Waals surface area contributed by atoms with E-state index in [4.69, 9.17) is 14.5 Å². The van der Waals surface area contributed by atoms with E-state index in [0.29, 0.717) is 35.8 Å². The van der Waals surface area contributed by atoms with Gasteiger partial charge in [-0.05, 0) is 61.2 Å². The van der Waals surface area contributed by atoms with Gasteiger partial charge in [0.25, 0.3) is 11.5 Å². The minimum atomic E-state index is -0.193. The van der Waals surface area contributed by atoms with Gasteiger partial charge in [-0.15, -0.1) is 0 Å². The zero-order valence-corrected chi connectivity index (χ0v) is 22.0. The molecule has 7 heteroatoms. The Bertz CT molecular complexity index is 1620. The minimum absolute atomic E-state index is 0.0634. The predicted molar refractivity (Wildman–Crippen MR) is 147 cm³/mol. The number of hydrogen-bond donors (Lipinski definition) is 0. The Kier molecular flexibility index (Phi) is 6.14. The molecule has 0 spiro atoms. The van der Waals surface area contributed by atoms with Crippen LogP contribution in [0.25, 0.3) is 22.3 Å². The number of hydrogen-bond acceptors (Lipinski definition) is 5. The van der Waals surface area contributed by atoms with E-state index in [9.17, 15) is 9.59 Å². The molecule has 0 unspecified atom stereocenters. The van der Waals surface area contributed by atoms with Gasteiger partial charge in [0.1, 0.15) is 17.2 Å². The van der Waals surface area contributed by atoms with Crippen LogP contribution < -0.4 is 15.0 Å². The highest BCUT2D eigenvalue weighted by molar-refractivity contribution is 6.00. The molecule has 0 saturated heterocycles. The molecule has 1 fully saturated rings. The van der Waals surface area contributed by atoms with E-state index in [1.807, 2.05) is 66.4 Å². The third-order valence-electron chi connectivity index (χ3n) is 7.94. The van der Waals surface area contributed by atoms with Crippen LogP contribution in [-0.2, 0) is 13.1 Å². The molecular weight excluding hydrogens is 478 g/mol. The zero-order valence-electron chi connectivity index (χ0n) is 22.0. The molecule has 1 aromatic heterocycles. The normalized spacial score (nSPS) is 15.3. The molecule has 3 aromatic carbocycles. The molecule has 1 saturated carbocycles. The standard InChI is InChI=1S/C31H31N3O4/c1-19-11-14-26-27(15-19)34(17-20-12-13-22(37-2)16-28(20)38-3)31(36)29(32-26)23-9-6-10-24-25(23)18-33(30(24)35)21-7-4-5-8-21/h6,9-16,21H,4-5,7-8,17-18H2,1-3H3. The van der Waals surface area contributed by atoms with Crippen molar-refractivity contribution in [1.29, 1.82) is 0 Å². The van der Waals surface area contributed by atoms with E-state index >= 15 is 0 Å². The fourth-order valence-corrected chi connectivity index (χ4v) is 5.92. The van der Waals surface area contributed by atoms with Gasteiger partial charge in [0.05, 0.1) is 31.8 Å². The van der Waals surface area contributed by atoms with Gasteiger partial charge < -0.3 is 18.9 Å². The molecule has 7 nitrogen and oxygen atoms in total. The maximum atomic E-state index is 14.2. The quantitative estimate of drug-likeness (QED) is 0.351. The third kappa shape index (κ3) is 4.02. The van der Waals surface area contributed by atoms with E-state index in [-0.39, 0.29) is 17.5 Å². The van der Waals surface area contributed by atoms with Crippen molar-refractivity contribution in [1.82, 2.24) is 14.5 Å². The summed E-state index contributed by atoms with van der Waals surface area (Å²) < 4.78 is 12.7. The van der Waals surface area contributed by atoms with E-state index in [0.717, 1.165) is 59.0 Å². The first-order valence-electron chi connectivity index (χ1n) is 13.1. The van der Waals surface area contributed by atoms with Crippen molar-refractivity contribution in [2.75, 3.05) is 14.2 Å². The number of carbonyl (C=O) groups excluding carboxylic acids is 1. The number of nitrogens with zero attached hydrogens (tertiary/aromatic N) is 3. The average Bonchev–Trinajstić information content (AvgIpc) is 3.58. The van der Waals surface area contributed by atoms with Gasteiger partial charge in [-0.25, -0.2) is 4.98 Å². The molecule has 38 heavy (non-hydrogen) atoms. The Labute approximate surface area is 221 Å². The number of aromatic nitrogens is 2. The molecule has 194 valence electrons. The van der Waals surface area contributed by atoms with E-state index in [1.165, 1.54) is 0 Å². The second-order valence-electron chi connectivity index (χ2n) is 10.2. The van der Waals surface area contributed by atoms with Gasteiger partial charge in [-0.2, -0.15) is 0 Å². The fourth-order valence-electron chi connectivity index (χ4n) is 5.92. The first-order valence-corrected chi connectivity index (χ1v) is 13.1. The van der Waals surface area contributed by atoms with Crippen molar-refractivity contribution in [3.63, 3.8) is 0 Å². The molecule has 0 bridgehead atoms. The van der Waals surface area contributed by atoms with Crippen LogP contribution in [-0.4, -0.2) is 40.6 Å². The smallest absolute Gasteiger partial charge is 0.277 e. The lowest BCUT2D eigenvalue weighted by molar-refractivity contribution is 0.0707. The van der Waals surface area contributed by atoms with E-state index in [1.54, 1.807) is 18.8 Å². The van der Waals surface area contributed by atoms with Gasteiger partial charge >= 0.3 is 0 Å². The number of carbonyl (C=O) groups is 1. The Hall–Kier alpha value is -4.13. The van der Waals surface area contributed by atoms with Crippen LogP contribution in [0.3, 0.4) is 0 Å². The predicted octanol–water partition coefficient (Wildman–Crippen LogP) is 5.34. The third-order valence-corrected chi connectivity index (χ3v) is 7.94. The number of rotatable bonds is 6. The topological polar surface area (TPSA) is 73.7 Å².